The summed E-state index contributed by atoms with van der Waals surface area (Å²) >= 11 is 1.76. The van der Waals surface area contributed by atoms with Crippen LogP contribution in [-0.2, 0) is 16.6 Å². The maximum atomic E-state index is 12.5. The molecule has 0 aliphatic heterocycles. The SMILES string of the molecule is CCNCc1ccc(C)c(S(=O)(=O)NCC2(SC)CC2)c1. The number of benzene rings is 1. The molecule has 6 heteroatoms. The Balaban J connectivity index is 2.14. The molecule has 118 valence electrons. The lowest BCUT2D eigenvalue weighted by Crippen LogP contribution is -2.32. The lowest BCUT2D eigenvalue weighted by molar-refractivity contribution is 0.579. The Morgan fingerprint density at radius 3 is 2.62 bits per heavy atom. The zero-order valence-corrected chi connectivity index (χ0v) is 14.5. The van der Waals surface area contributed by atoms with E-state index in [1.165, 1.54) is 0 Å². The third-order valence-corrected chi connectivity index (χ3v) is 6.91. The van der Waals surface area contributed by atoms with Crippen LogP contribution in [0.2, 0.25) is 0 Å². The van der Waals surface area contributed by atoms with Gasteiger partial charge in [-0.15, -0.1) is 0 Å². The topological polar surface area (TPSA) is 58.2 Å². The van der Waals surface area contributed by atoms with Crippen molar-refractivity contribution < 1.29 is 8.42 Å². The molecule has 21 heavy (non-hydrogen) atoms. The summed E-state index contributed by atoms with van der Waals surface area (Å²) in [6, 6.07) is 5.63. The van der Waals surface area contributed by atoms with Crippen molar-refractivity contribution in [2.75, 3.05) is 19.3 Å². The molecule has 0 heterocycles. The van der Waals surface area contributed by atoms with E-state index >= 15 is 0 Å². The molecule has 1 aromatic carbocycles. The monoisotopic (exact) mass is 328 g/mol. The first-order valence-corrected chi connectivity index (χ1v) is 9.98. The molecule has 4 nitrogen and oxygen atoms in total. The quantitative estimate of drug-likeness (QED) is 0.769. The first kappa shape index (κ1) is 16.8. The molecule has 1 aliphatic carbocycles. The smallest absolute Gasteiger partial charge is 0.240 e. The second-order valence-corrected chi connectivity index (χ2v) is 8.60. The van der Waals surface area contributed by atoms with E-state index in [1.807, 2.05) is 32.2 Å². The summed E-state index contributed by atoms with van der Waals surface area (Å²) in [6.45, 7) is 5.95. The Bertz CT molecular complexity index is 596. The molecule has 0 radical (unpaired) electrons. The van der Waals surface area contributed by atoms with Gasteiger partial charge in [0.25, 0.3) is 0 Å². The summed E-state index contributed by atoms with van der Waals surface area (Å²) in [4.78, 5) is 0.398. The number of rotatable bonds is 8. The molecular weight excluding hydrogens is 304 g/mol. The molecule has 0 aromatic heterocycles. The molecule has 1 aliphatic rings. The Labute approximate surface area is 132 Å². The average Bonchev–Trinajstić information content (AvgIpc) is 3.25. The zero-order chi connectivity index (χ0) is 15.5. The maximum absolute atomic E-state index is 12.5. The first-order valence-electron chi connectivity index (χ1n) is 7.27. The van der Waals surface area contributed by atoms with Gasteiger partial charge in [0.2, 0.25) is 10.0 Å². The second-order valence-electron chi connectivity index (χ2n) is 5.59. The summed E-state index contributed by atoms with van der Waals surface area (Å²) in [5.41, 5.74) is 1.78. The van der Waals surface area contributed by atoms with Gasteiger partial charge in [-0.25, -0.2) is 13.1 Å². The number of sulfonamides is 1. The van der Waals surface area contributed by atoms with Crippen LogP contribution in [0.3, 0.4) is 0 Å². The van der Waals surface area contributed by atoms with E-state index in [2.05, 4.69) is 10.0 Å². The predicted octanol–water partition coefficient (Wildman–Crippen LogP) is 2.28. The number of nitrogens with one attached hydrogen (secondary N) is 2. The Kier molecular flexibility index (Phi) is 5.35. The minimum atomic E-state index is -3.43. The molecule has 0 spiro atoms. The van der Waals surface area contributed by atoms with E-state index in [0.29, 0.717) is 18.0 Å². The van der Waals surface area contributed by atoms with Crippen molar-refractivity contribution >= 4 is 21.8 Å². The summed E-state index contributed by atoms with van der Waals surface area (Å²) in [7, 11) is -3.43. The standard InChI is InChI=1S/C15H24N2O2S2/c1-4-16-10-13-6-5-12(2)14(9-13)21(18,19)17-11-15(20-3)7-8-15/h5-6,9,16-17H,4,7-8,10-11H2,1-3H3. The first-order chi connectivity index (χ1) is 9.92. The van der Waals surface area contributed by atoms with Crippen molar-refractivity contribution in [3.8, 4) is 0 Å². The Morgan fingerprint density at radius 2 is 2.05 bits per heavy atom. The fraction of sp³-hybridized carbons (Fsp3) is 0.600. The van der Waals surface area contributed by atoms with Gasteiger partial charge in [-0.2, -0.15) is 11.8 Å². The molecule has 2 N–H and O–H groups in total. The predicted molar refractivity (Wildman–Crippen MR) is 89.2 cm³/mol. The van der Waals surface area contributed by atoms with Crippen LogP contribution < -0.4 is 10.0 Å². The van der Waals surface area contributed by atoms with Crippen LogP contribution >= 0.6 is 11.8 Å². The molecule has 0 atom stereocenters. The lowest BCUT2D eigenvalue weighted by atomic mass is 10.1. The van der Waals surface area contributed by atoms with Gasteiger partial charge in [-0.3, -0.25) is 0 Å². The maximum Gasteiger partial charge on any atom is 0.240 e. The minimum absolute atomic E-state index is 0.127. The van der Waals surface area contributed by atoms with Crippen LogP contribution in [0.4, 0.5) is 0 Å². The molecule has 1 aromatic rings. The molecule has 1 saturated carbocycles. The Hall–Kier alpha value is -0.560. The van der Waals surface area contributed by atoms with Gasteiger partial charge in [-0.05, 0) is 49.8 Å². The van der Waals surface area contributed by atoms with E-state index < -0.39 is 10.0 Å². The van der Waals surface area contributed by atoms with E-state index in [-0.39, 0.29) is 4.75 Å². The van der Waals surface area contributed by atoms with Crippen molar-refractivity contribution in [1.82, 2.24) is 10.0 Å². The van der Waals surface area contributed by atoms with Gasteiger partial charge in [0.05, 0.1) is 4.90 Å². The lowest BCUT2D eigenvalue weighted by Gasteiger charge is -2.15. The molecule has 1 fully saturated rings. The van der Waals surface area contributed by atoms with Crippen molar-refractivity contribution in [2.24, 2.45) is 0 Å². The number of hydrogen-bond donors (Lipinski definition) is 2. The van der Waals surface area contributed by atoms with Gasteiger partial charge in [-0.1, -0.05) is 19.1 Å². The zero-order valence-electron chi connectivity index (χ0n) is 12.9. The highest BCUT2D eigenvalue weighted by Crippen LogP contribution is 2.46. The van der Waals surface area contributed by atoms with Gasteiger partial charge in [0, 0.05) is 17.8 Å². The van der Waals surface area contributed by atoms with Crippen molar-refractivity contribution in [2.45, 2.75) is 42.9 Å². The third kappa shape index (κ3) is 4.22. The fourth-order valence-electron chi connectivity index (χ4n) is 2.21. The van der Waals surface area contributed by atoms with Crippen LogP contribution in [0.1, 0.15) is 30.9 Å². The summed E-state index contributed by atoms with van der Waals surface area (Å²) in [5, 5.41) is 3.22. The van der Waals surface area contributed by atoms with Gasteiger partial charge in [0.15, 0.2) is 0 Å². The normalized spacial score (nSPS) is 16.9. The van der Waals surface area contributed by atoms with E-state index in [4.69, 9.17) is 0 Å². The molecule has 0 bridgehead atoms. The van der Waals surface area contributed by atoms with Crippen molar-refractivity contribution in [3.63, 3.8) is 0 Å². The molecular formula is C15H24N2O2S2. The van der Waals surface area contributed by atoms with Crippen molar-refractivity contribution in [3.05, 3.63) is 29.3 Å². The minimum Gasteiger partial charge on any atom is -0.313 e. The molecule has 0 amide bonds. The summed E-state index contributed by atoms with van der Waals surface area (Å²) in [5.74, 6) is 0. The average molecular weight is 329 g/mol. The number of thioether (sulfide) groups is 1. The van der Waals surface area contributed by atoms with Gasteiger partial charge >= 0.3 is 0 Å². The van der Waals surface area contributed by atoms with Gasteiger partial charge < -0.3 is 5.32 Å². The van der Waals surface area contributed by atoms with E-state index in [9.17, 15) is 8.42 Å². The largest absolute Gasteiger partial charge is 0.313 e. The number of aryl methyl sites for hydroxylation is 1. The fourth-order valence-corrected chi connectivity index (χ4v) is 4.45. The summed E-state index contributed by atoms with van der Waals surface area (Å²) < 4.78 is 28.0. The second kappa shape index (κ2) is 6.69. The van der Waals surface area contributed by atoms with Gasteiger partial charge in [0.1, 0.15) is 0 Å². The number of hydrogen-bond acceptors (Lipinski definition) is 4. The molecule has 2 rings (SSSR count). The van der Waals surface area contributed by atoms with Crippen LogP contribution in [0.15, 0.2) is 23.1 Å². The van der Waals surface area contributed by atoms with Crippen molar-refractivity contribution in [1.29, 1.82) is 0 Å². The highest BCUT2D eigenvalue weighted by atomic mass is 32.2. The molecule has 0 saturated heterocycles. The van der Waals surface area contributed by atoms with Crippen LogP contribution in [0, 0.1) is 6.92 Å². The van der Waals surface area contributed by atoms with Crippen LogP contribution in [-0.4, -0.2) is 32.5 Å². The highest BCUT2D eigenvalue weighted by molar-refractivity contribution is 8.00. The third-order valence-electron chi connectivity index (χ3n) is 3.95. The Morgan fingerprint density at radius 1 is 1.33 bits per heavy atom. The summed E-state index contributed by atoms with van der Waals surface area (Å²) in [6.07, 6.45) is 4.23. The van der Waals surface area contributed by atoms with Crippen LogP contribution in [0.25, 0.3) is 0 Å². The molecule has 0 unspecified atom stereocenters. The van der Waals surface area contributed by atoms with E-state index in [1.54, 1.807) is 17.8 Å². The van der Waals surface area contributed by atoms with Crippen LogP contribution in [0.5, 0.6) is 0 Å². The van der Waals surface area contributed by atoms with E-state index in [0.717, 1.165) is 30.5 Å². The highest BCUT2D eigenvalue weighted by Gasteiger charge is 2.42.